The minimum atomic E-state index is -3.39. The third kappa shape index (κ3) is 5.05. The minimum absolute atomic E-state index is 0.361. The molecule has 2 aromatic carbocycles. The lowest BCUT2D eigenvalue weighted by molar-refractivity contribution is 0.391. The topological polar surface area (TPSA) is 68.7 Å². The van der Waals surface area contributed by atoms with Crippen LogP contribution in [0.25, 0.3) is 0 Å². The van der Waals surface area contributed by atoms with Gasteiger partial charge in [0.25, 0.3) is 0 Å². The highest BCUT2D eigenvalue weighted by molar-refractivity contribution is 7.92. The number of hydrogen-bond donors (Lipinski definition) is 0. The normalized spacial score (nSPS) is 14.9. The van der Waals surface area contributed by atoms with Crippen LogP contribution >= 0.6 is 11.3 Å². The second-order valence-electron chi connectivity index (χ2n) is 9.30. The van der Waals surface area contributed by atoms with Gasteiger partial charge >= 0.3 is 0 Å². The summed E-state index contributed by atoms with van der Waals surface area (Å²) in [4.78, 5) is 7.61. The molecular weight excluding hydrogens is 480 g/mol. The number of anilines is 1. The SMILES string of the molecule is COc1ccc(Cc2csc(N3CCC(S(=O)(=O)c4c(C)c(C)cc(C)c4C)CC3)n2)c(OC)c1. The van der Waals surface area contributed by atoms with Crippen LogP contribution in [0.3, 0.4) is 0 Å². The molecule has 0 spiro atoms. The van der Waals surface area contributed by atoms with Crippen molar-refractivity contribution in [1.82, 2.24) is 4.98 Å². The van der Waals surface area contributed by atoms with E-state index in [9.17, 15) is 8.42 Å². The molecule has 8 heteroatoms. The maximum atomic E-state index is 13.6. The quantitative estimate of drug-likeness (QED) is 0.419. The van der Waals surface area contributed by atoms with Gasteiger partial charge in [0.15, 0.2) is 15.0 Å². The summed E-state index contributed by atoms with van der Waals surface area (Å²) in [5.74, 6) is 1.54. The van der Waals surface area contributed by atoms with E-state index in [0.717, 1.165) is 50.1 Å². The van der Waals surface area contributed by atoms with Gasteiger partial charge in [-0.25, -0.2) is 13.4 Å². The van der Waals surface area contributed by atoms with Crippen molar-refractivity contribution in [2.45, 2.75) is 57.1 Å². The van der Waals surface area contributed by atoms with E-state index in [-0.39, 0.29) is 5.25 Å². The van der Waals surface area contributed by atoms with Crippen LogP contribution in [0.5, 0.6) is 11.5 Å². The average Bonchev–Trinajstić information content (AvgIpc) is 3.31. The molecule has 4 rings (SSSR count). The first-order chi connectivity index (χ1) is 16.6. The van der Waals surface area contributed by atoms with Crippen LogP contribution in [0.15, 0.2) is 34.5 Å². The summed E-state index contributed by atoms with van der Waals surface area (Å²) >= 11 is 1.61. The summed E-state index contributed by atoms with van der Waals surface area (Å²) < 4.78 is 38.1. The van der Waals surface area contributed by atoms with Crippen LogP contribution in [0.1, 0.15) is 46.4 Å². The van der Waals surface area contributed by atoms with E-state index in [1.165, 1.54) is 0 Å². The number of ether oxygens (including phenoxy) is 2. The highest BCUT2D eigenvalue weighted by Crippen LogP contribution is 2.34. The number of aromatic nitrogens is 1. The first-order valence-electron chi connectivity index (χ1n) is 11.9. The van der Waals surface area contributed by atoms with Crippen LogP contribution in [-0.2, 0) is 16.3 Å². The second kappa shape index (κ2) is 10.2. The molecule has 1 aromatic heterocycles. The van der Waals surface area contributed by atoms with Gasteiger partial charge in [0.1, 0.15) is 11.5 Å². The Morgan fingerprint density at radius 1 is 1.00 bits per heavy atom. The van der Waals surface area contributed by atoms with Gasteiger partial charge in [0, 0.05) is 36.5 Å². The highest BCUT2D eigenvalue weighted by atomic mass is 32.2. The molecule has 1 aliphatic heterocycles. The van der Waals surface area contributed by atoms with Crippen molar-refractivity contribution in [3.63, 3.8) is 0 Å². The van der Waals surface area contributed by atoms with E-state index >= 15 is 0 Å². The summed E-state index contributed by atoms with van der Waals surface area (Å²) in [7, 11) is -0.0953. The van der Waals surface area contributed by atoms with Crippen molar-refractivity contribution in [3.05, 3.63) is 63.2 Å². The Morgan fingerprint density at radius 2 is 1.66 bits per heavy atom. The fourth-order valence-corrected chi connectivity index (χ4v) is 8.07. The van der Waals surface area contributed by atoms with Gasteiger partial charge in [-0.2, -0.15) is 0 Å². The molecule has 0 radical (unpaired) electrons. The molecule has 0 saturated carbocycles. The third-order valence-electron chi connectivity index (χ3n) is 7.14. The number of benzene rings is 2. The molecule has 0 atom stereocenters. The zero-order chi connectivity index (χ0) is 25.3. The van der Waals surface area contributed by atoms with Gasteiger partial charge in [-0.05, 0) is 68.9 Å². The standard InChI is InChI=1S/C27H34N2O4S2/c1-17-13-18(2)20(4)26(19(17)3)35(30,31)24-9-11-29(12-10-24)27-28-22(16-34-27)14-21-7-8-23(32-5)15-25(21)33-6/h7-8,13,15-16,24H,9-12,14H2,1-6H3. The van der Waals surface area contributed by atoms with E-state index in [0.29, 0.717) is 37.2 Å². The first-order valence-corrected chi connectivity index (χ1v) is 14.3. The summed E-state index contributed by atoms with van der Waals surface area (Å²) in [5, 5.41) is 2.66. The number of nitrogens with zero attached hydrogens (tertiary/aromatic N) is 2. The van der Waals surface area contributed by atoms with Crippen molar-refractivity contribution >= 4 is 26.3 Å². The Balaban J connectivity index is 1.46. The van der Waals surface area contributed by atoms with Crippen LogP contribution < -0.4 is 14.4 Å². The molecule has 0 aliphatic carbocycles. The lowest BCUT2D eigenvalue weighted by Crippen LogP contribution is -2.39. The molecule has 1 saturated heterocycles. The number of aryl methyl sites for hydroxylation is 2. The van der Waals surface area contributed by atoms with E-state index in [1.54, 1.807) is 25.6 Å². The molecule has 0 N–H and O–H groups in total. The Hall–Kier alpha value is -2.58. The summed E-state index contributed by atoms with van der Waals surface area (Å²) in [5.41, 5.74) is 5.86. The predicted octanol–water partition coefficient (Wildman–Crippen LogP) is 5.43. The predicted molar refractivity (Wildman–Crippen MR) is 142 cm³/mol. The van der Waals surface area contributed by atoms with Gasteiger partial charge in [0.2, 0.25) is 0 Å². The fraction of sp³-hybridized carbons (Fsp3) is 0.444. The largest absolute Gasteiger partial charge is 0.497 e. The van der Waals surface area contributed by atoms with Crippen molar-refractivity contribution in [3.8, 4) is 11.5 Å². The van der Waals surface area contributed by atoms with Gasteiger partial charge in [0.05, 0.1) is 30.1 Å². The average molecular weight is 515 g/mol. The molecule has 2 heterocycles. The third-order valence-corrected chi connectivity index (χ3v) is 10.6. The van der Waals surface area contributed by atoms with Crippen LogP contribution in [-0.4, -0.2) is 46.0 Å². The Kier molecular flexibility index (Phi) is 7.43. The number of methoxy groups -OCH3 is 2. The lowest BCUT2D eigenvalue weighted by Gasteiger charge is -2.32. The molecule has 1 aliphatic rings. The Bertz CT molecular complexity index is 1300. The van der Waals surface area contributed by atoms with Gasteiger partial charge < -0.3 is 14.4 Å². The molecule has 6 nitrogen and oxygen atoms in total. The van der Waals surface area contributed by atoms with Crippen LogP contribution in [0, 0.1) is 27.7 Å². The number of rotatable bonds is 7. The van der Waals surface area contributed by atoms with Gasteiger partial charge in [-0.3, -0.25) is 0 Å². The molecule has 0 unspecified atom stereocenters. The number of sulfone groups is 1. The minimum Gasteiger partial charge on any atom is -0.497 e. The van der Waals surface area contributed by atoms with E-state index in [4.69, 9.17) is 14.5 Å². The number of piperidine rings is 1. The molecule has 35 heavy (non-hydrogen) atoms. The van der Waals surface area contributed by atoms with Crippen molar-refractivity contribution < 1.29 is 17.9 Å². The fourth-order valence-electron chi connectivity index (χ4n) is 4.85. The zero-order valence-electron chi connectivity index (χ0n) is 21.3. The van der Waals surface area contributed by atoms with Crippen LogP contribution in [0.4, 0.5) is 5.13 Å². The lowest BCUT2D eigenvalue weighted by atomic mass is 10.0. The molecular formula is C27H34N2O4S2. The summed E-state index contributed by atoms with van der Waals surface area (Å²) in [6.07, 6.45) is 1.88. The molecule has 1 fully saturated rings. The number of thiazole rings is 1. The van der Waals surface area contributed by atoms with E-state index < -0.39 is 9.84 Å². The first kappa shape index (κ1) is 25.5. The summed E-state index contributed by atoms with van der Waals surface area (Å²) in [6.45, 7) is 9.21. The molecule has 0 bridgehead atoms. The second-order valence-corrected chi connectivity index (χ2v) is 12.3. The Morgan fingerprint density at radius 3 is 2.26 bits per heavy atom. The number of hydrogen-bond acceptors (Lipinski definition) is 7. The van der Waals surface area contributed by atoms with Gasteiger partial charge in [-0.15, -0.1) is 11.3 Å². The maximum absolute atomic E-state index is 13.6. The smallest absolute Gasteiger partial charge is 0.185 e. The zero-order valence-corrected chi connectivity index (χ0v) is 23.0. The summed E-state index contributed by atoms with van der Waals surface area (Å²) in [6, 6.07) is 7.89. The highest BCUT2D eigenvalue weighted by Gasteiger charge is 2.34. The monoisotopic (exact) mass is 514 g/mol. The molecule has 188 valence electrons. The van der Waals surface area contributed by atoms with E-state index in [1.807, 2.05) is 45.9 Å². The van der Waals surface area contributed by atoms with Crippen LogP contribution in [0.2, 0.25) is 0 Å². The molecule has 0 amide bonds. The van der Waals surface area contributed by atoms with Crippen molar-refractivity contribution in [2.24, 2.45) is 0 Å². The maximum Gasteiger partial charge on any atom is 0.185 e. The molecule has 3 aromatic rings. The van der Waals surface area contributed by atoms with Gasteiger partial charge in [-0.1, -0.05) is 12.1 Å². The van der Waals surface area contributed by atoms with Crippen molar-refractivity contribution in [1.29, 1.82) is 0 Å². The van der Waals surface area contributed by atoms with E-state index in [2.05, 4.69) is 16.3 Å². The van der Waals surface area contributed by atoms with Crippen molar-refractivity contribution in [2.75, 3.05) is 32.2 Å². The Labute approximate surface area is 212 Å².